The molecule has 0 spiro atoms. The molecule has 1 unspecified atom stereocenters. The van der Waals surface area contributed by atoms with E-state index in [-0.39, 0.29) is 53.8 Å². The summed E-state index contributed by atoms with van der Waals surface area (Å²) in [7, 11) is 0. The van der Waals surface area contributed by atoms with E-state index in [1.165, 1.54) is 35.4 Å². The average molecular weight is 471 g/mol. The van der Waals surface area contributed by atoms with Gasteiger partial charge in [0.25, 0.3) is 11.8 Å². The van der Waals surface area contributed by atoms with Gasteiger partial charge in [-0.2, -0.15) is 0 Å². The van der Waals surface area contributed by atoms with Gasteiger partial charge in [0, 0.05) is 31.3 Å². The van der Waals surface area contributed by atoms with Crippen LogP contribution in [0.4, 0.5) is 18.9 Å². The monoisotopic (exact) mass is 471 g/mol. The highest BCUT2D eigenvalue weighted by atomic mass is 19.1. The summed E-state index contributed by atoms with van der Waals surface area (Å²) in [5.74, 6) is -2.36. The molecule has 0 radical (unpaired) electrons. The third kappa shape index (κ3) is 4.30. The summed E-state index contributed by atoms with van der Waals surface area (Å²) in [5.41, 5.74) is 0.713. The van der Waals surface area contributed by atoms with Crippen molar-refractivity contribution >= 4 is 17.5 Å². The highest BCUT2D eigenvalue weighted by molar-refractivity contribution is 6.00. The van der Waals surface area contributed by atoms with Gasteiger partial charge in [0.1, 0.15) is 17.4 Å². The van der Waals surface area contributed by atoms with Crippen LogP contribution in [-0.4, -0.2) is 43.0 Å². The average Bonchev–Trinajstić information content (AvgIpc) is 2.79. The molecule has 3 aliphatic rings. The fourth-order valence-corrected chi connectivity index (χ4v) is 3.98. The molecular weight excluding hydrogens is 451 g/mol. The molecule has 1 atom stereocenters. The molecule has 34 heavy (non-hydrogen) atoms. The van der Waals surface area contributed by atoms with Crippen LogP contribution in [0.5, 0.6) is 11.5 Å². The maximum Gasteiger partial charge on any atom is 0.262 e. The first-order valence-electron chi connectivity index (χ1n) is 10.6. The number of ether oxygens (including phenoxy) is 2. The first kappa shape index (κ1) is 21.9. The Morgan fingerprint density at radius 3 is 2.71 bits per heavy atom. The zero-order valence-electron chi connectivity index (χ0n) is 17.8. The van der Waals surface area contributed by atoms with E-state index >= 15 is 0 Å². The van der Waals surface area contributed by atoms with Gasteiger partial charge in [-0.25, -0.2) is 13.2 Å². The first-order chi connectivity index (χ1) is 16.4. The van der Waals surface area contributed by atoms with Crippen molar-refractivity contribution in [2.75, 3.05) is 31.6 Å². The van der Waals surface area contributed by atoms with Crippen molar-refractivity contribution in [2.24, 2.45) is 5.92 Å². The second kappa shape index (κ2) is 8.77. The molecule has 176 valence electrons. The Morgan fingerprint density at radius 2 is 1.97 bits per heavy atom. The van der Waals surface area contributed by atoms with Crippen LogP contribution < -0.4 is 20.1 Å². The van der Waals surface area contributed by atoms with E-state index in [1.807, 2.05) is 0 Å². The number of carbonyl (C=O) groups excluding carboxylic acids is 2. The molecule has 7 nitrogen and oxygen atoms in total. The zero-order chi connectivity index (χ0) is 23.8. The van der Waals surface area contributed by atoms with Gasteiger partial charge in [-0.3, -0.25) is 9.59 Å². The van der Waals surface area contributed by atoms with Crippen molar-refractivity contribution in [2.45, 2.75) is 6.04 Å². The highest BCUT2D eigenvalue weighted by Gasteiger charge is 2.34. The van der Waals surface area contributed by atoms with Crippen molar-refractivity contribution in [1.82, 2.24) is 10.2 Å². The third-order valence-corrected chi connectivity index (χ3v) is 5.82. The lowest BCUT2D eigenvalue weighted by Crippen LogP contribution is -2.52. The van der Waals surface area contributed by atoms with Crippen molar-refractivity contribution in [3.63, 3.8) is 0 Å². The normalized spacial score (nSPS) is 19.3. The number of hydrogen-bond acceptors (Lipinski definition) is 5. The van der Waals surface area contributed by atoms with Crippen LogP contribution in [0.25, 0.3) is 0 Å². The van der Waals surface area contributed by atoms with E-state index in [9.17, 15) is 22.8 Å². The maximum absolute atomic E-state index is 14.5. The summed E-state index contributed by atoms with van der Waals surface area (Å²) in [6, 6.07) is 6.54. The summed E-state index contributed by atoms with van der Waals surface area (Å²) in [4.78, 5) is 25.6. The third-order valence-electron chi connectivity index (χ3n) is 5.82. The van der Waals surface area contributed by atoms with Crippen LogP contribution >= 0.6 is 0 Å². The minimum absolute atomic E-state index is 0.0391. The van der Waals surface area contributed by atoms with Crippen LogP contribution in [0.1, 0.15) is 22.0 Å². The Balaban J connectivity index is 1.15. The molecule has 0 saturated carbocycles. The summed E-state index contributed by atoms with van der Waals surface area (Å²) in [6.45, 7) is 0.633. The van der Waals surface area contributed by atoms with Gasteiger partial charge < -0.3 is 25.0 Å². The molecule has 1 saturated heterocycles. The number of likely N-dealkylation sites (tertiary alicyclic amines) is 1. The second-order valence-electron chi connectivity index (χ2n) is 8.27. The molecule has 2 aromatic rings. The Kier molecular flexibility index (Phi) is 5.64. The molecule has 10 heteroatoms. The molecule has 2 aromatic carbocycles. The molecule has 0 bridgehead atoms. The summed E-state index contributed by atoms with van der Waals surface area (Å²) in [5, 5.41) is 5.38. The largest absolute Gasteiger partial charge is 0.490 e. The quantitative estimate of drug-likeness (QED) is 0.699. The minimum atomic E-state index is -0.734. The topological polar surface area (TPSA) is 79.9 Å². The van der Waals surface area contributed by atoms with Crippen molar-refractivity contribution in [3.8, 4) is 11.5 Å². The zero-order valence-corrected chi connectivity index (χ0v) is 17.8. The number of nitrogens with one attached hydrogen (secondary N) is 2. The molecule has 2 N–H and O–H groups in total. The SMILES string of the molecule is O=C1COc2cc(F)c(C(=O)N3CC(COc4ccc(C5C=CC(F)=CN5)cc4F)C3)cc2N1. The second-order valence-corrected chi connectivity index (χ2v) is 8.27. The summed E-state index contributed by atoms with van der Waals surface area (Å²) >= 11 is 0. The van der Waals surface area contributed by atoms with Gasteiger partial charge in [0.2, 0.25) is 0 Å². The van der Waals surface area contributed by atoms with Crippen molar-refractivity contribution < 1.29 is 32.2 Å². The van der Waals surface area contributed by atoms with E-state index in [4.69, 9.17) is 9.47 Å². The predicted molar refractivity (Wildman–Crippen MR) is 116 cm³/mol. The first-order valence-corrected chi connectivity index (χ1v) is 10.6. The molecule has 0 aromatic heterocycles. The lowest BCUT2D eigenvalue weighted by Gasteiger charge is -2.39. The number of hydrogen-bond donors (Lipinski definition) is 2. The van der Waals surface area contributed by atoms with Crippen molar-refractivity contribution in [1.29, 1.82) is 0 Å². The molecule has 2 amide bonds. The van der Waals surface area contributed by atoms with Crippen LogP contribution in [0.3, 0.4) is 0 Å². The molecule has 3 heterocycles. The van der Waals surface area contributed by atoms with Crippen LogP contribution in [-0.2, 0) is 4.79 Å². The lowest BCUT2D eigenvalue weighted by atomic mass is 9.99. The van der Waals surface area contributed by atoms with Crippen molar-refractivity contribution in [3.05, 3.63) is 77.3 Å². The molecule has 3 aliphatic heterocycles. The number of amides is 2. The molecule has 5 rings (SSSR count). The van der Waals surface area contributed by atoms with Gasteiger partial charge in [-0.1, -0.05) is 12.1 Å². The van der Waals surface area contributed by atoms with Crippen LogP contribution in [0, 0.1) is 17.6 Å². The number of dihydropyridines is 1. The summed E-state index contributed by atoms with van der Waals surface area (Å²) in [6.07, 6.45) is 4.13. The number of carbonyl (C=O) groups is 2. The van der Waals surface area contributed by atoms with Gasteiger partial charge in [0.05, 0.1) is 23.9 Å². The van der Waals surface area contributed by atoms with Gasteiger partial charge in [0.15, 0.2) is 18.2 Å². The predicted octanol–water partition coefficient (Wildman–Crippen LogP) is 3.46. The number of anilines is 1. The lowest BCUT2D eigenvalue weighted by molar-refractivity contribution is -0.118. The van der Waals surface area contributed by atoms with E-state index in [0.717, 1.165) is 6.07 Å². The fourth-order valence-electron chi connectivity index (χ4n) is 3.98. The Bertz CT molecular complexity index is 1220. The highest BCUT2D eigenvalue weighted by Crippen LogP contribution is 2.32. The Labute approximate surface area is 192 Å². The number of benzene rings is 2. The number of rotatable bonds is 5. The molecule has 0 aliphatic carbocycles. The Morgan fingerprint density at radius 1 is 1.15 bits per heavy atom. The van der Waals surface area contributed by atoms with Crippen LogP contribution in [0.15, 0.2) is 54.5 Å². The van der Waals surface area contributed by atoms with Crippen LogP contribution in [0.2, 0.25) is 0 Å². The van der Waals surface area contributed by atoms with Gasteiger partial charge >= 0.3 is 0 Å². The smallest absolute Gasteiger partial charge is 0.262 e. The number of halogens is 3. The van der Waals surface area contributed by atoms with E-state index in [1.54, 1.807) is 12.1 Å². The minimum Gasteiger partial charge on any atom is -0.490 e. The summed E-state index contributed by atoms with van der Waals surface area (Å²) < 4.78 is 52.7. The van der Waals surface area contributed by atoms with E-state index in [0.29, 0.717) is 18.7 Å². The molecular formula is C24H20F3N3O4. The maximum atomic E-state index is 14.5. The number of nitrogens with zero attached hydrogens (tertiary/aromatic N) is 1. The standard InChI is InChI=1S/C24H20F3N3O4/c25-15-2-3-19(28-8-15)14-1-4-21(18(27)5-14)33-11-13-9-30(10-13)24(32)16-6-20-22(7-17(16)26)34-12-23(31)29-20/h1-8,13,19,28H,9-12H2,(H,29,31). The molecule has 1 fully saturated rings. The number of fused-ring (bicyclic) bond motifs is 1. The fraction of sp³-hybridized carbons (Fsp3) is 0.250. The van der Waals surface area contributed by atoms with Gasteiger partial charge in [-0.05, 0) is 29.8 Å². The number of allylic oxidation sites excluding steroid dienone is 2. The Hall–Kier alpha value is -3.95. The van der Waals surface area contributed by atoms with E-state index < -0.39 is 23.4 Å². The van der Waals surface area contributed by atoms with E-state index in [2.05, 4.69) is 10.6 Å². The van der Waals surface area contributed by atoms with Gasteiger partial charge in [-0.15, -0.1) is 0 Å².